The van der Waals surface area contributed by atoms with E-state index in [2.05, 4.69) is 4.98 Å². The van der Waals surface area contributed by atoms with E-state index < -0.39 is 0 Å². The number of aliphatic hydroxyl groups excluding tert-OH is 1. The van der Waals surface area contributed by atoms with Crippen LogP contribution in [-0.4, -0.2) is 50.9 Å². The third-order valence-corrected chi connectivity index (χ3v) is 4.85. The summed E-state index contributed by atoms with van der Waals surface area (Å²) < 4.78 is 1.57. The van der Waals surface area contributed by atoms with Crippen LogP contribution in [0.2, 0.25) is 0 Å². The number of fused-ring (bicyclic) bond motifs is 1. The van der Waals surface area contributed by atoms with E-state index in [4.69, 9.17) is 0 Å². The van der Waals surface area contributed by atoms with Crippen molar-refractivity contribution in [3.8, 4) is 0 Å². The van der Waals surface area contributed by atoms with E-state index in [1.165, 1.54) is 18.0 Å². The molecule has 1 N–H and O–H groups in total. The zero-order chi connectivity index (χ0) is 14.3. The number of nitrogens with zero attached hydrogens (tertiary/aromatic N) is 3. The molecule has 1 aliphatic heterocycles. The van der Waals surface area contributed by atoms with Crippen LogP contribution in [0.15, 0.2) is 16.1 Å². The minimum atomic E-state index is -0.281. The molecular weight excluding hydrogens is 278 g/mol. The fourth-order valence-electron chi connectivity index (χ4n) is 2.69. The molecule has 2 aliphatic rings. The van der Waals surface area contributed by atoms with Crippen molar-refractivity contribution in [1.29, 1.82) is 0 Å². The van der Waals surface area contributed by atoms with Crippen LogP contribution in [0, 0.1) is 5.92 Å². The van der Waals surface area contributed by atoms with Gasteiger partial charge in [0.25, 0.3) is 11.5 Å². The van der Waals surface area contributed by atoms with Crippen molar-refractivity contribution in [3.63, 3.8) is 0 Å². The smallest absolute Gasteiger partial charge is 0.267 e. The second-order valence-corrected chi connectivity index (χ2v) is 6.50. The molecule has 3 rings (SSSR count). The molecule has 0 spiro atoms. The maximum atomic E-state index is 12.3. The van der Waals surface area contributed by atoms with Crippen LogP contribution in [0.5, 0.6) is 0 Å². The Hall–Kier alpha value is -1.34. The van der Waals surface area contributed by atoms with Gasteiger partial charge in [-0.25, -0.2) is 4.98 Å². The van der Waals surface area contributed by atoms with Gasteiger partial charge in [0, 0.05) is 32.1 Å². The van der Waals surface area contributed by atoms with E-state index in [0.717, 1.165) is 18.6 Å². The number of carbonyl (C=O) groups excluding carboxylic acids is 1. The summed E-state index contributed by atoms with van der Waals surface area (Å²) in [7, 11) is 1.69. The molecule has 1 aromatic rings. The summed E-state index contributed by atoms with van der Waals surface area (Å²) in [4.78, 5) is 30.3. The zero-order valence-electron chi connectivity index (χ0n) is 11.3. The minimum Gasteiger partial charge on any atom is -0.393 e. The maximum absolute atomic E-state index is 12.3. The van der Waals surface area contributed by atoms with Crippen LogP contribution >= 0.6 is 11.8 Å². The molecule has 0 atom stereocenters. The average molecular weight is 295 g/mol. The Morgan fingerprint density at radius 1 is 1.60 bits per heavy atom. The summed E-state index contributed by atoms with van der Waals surface area (Å²) in [6.45, 7) is 1.19. The van der Waals surface area contributed by atoms with Crippen LogP contribution in [0.4, 0.5) is 0 Å². The van der Waals surface area contributed by atoms with Crippen LogP contribution in [0.3, 0.4) is 0 Å². The minimum absolute atomic E-state index is 0.138. The first-order valence-corrected chi connectivity index (χ1v) is 7.71. The van der Waals surface area contributed by atoms with E-state index in [1.807, 2.05) is 0 Å². The quantitative estimate of drug-likeness (QED) is 0.806. The standard InChI is InChI=1S/C13H17N3O3S/c1-15(7-8-4-9(17)5-8)11(18)10-6-14-13-16(12(10)19)2-3-20-13/h6,8-9,17H,2-5,7H2,1H3. The molecule has 6 nitrogen and oxygen atoms in total. The van der Waals surface area contributed by atoms with E-state index in [1.54, 1.807) is 16.5 Å². The van der Waals surface area contributed by atoms with Gasteiger partial charge in [-0.15, -0.1) is 0 Å². The van der Waals surface area contributed by atoms with Crippen molar-refractivity contribution >= 4 is 17.7 Å². The van der Waals surface area contributed by atoms with Gasteiger partial charge in [0.2, 0.25) is 0 Å². The fraction of sp³-hybridized carbons (Fsp3) is 0.615. The number of thioether (sulfide) groups is 1. The highest BCUT2D eigenvalue weighted by molar-refractivity contribution is 7.99. The van der Waals surface area contributed by atoms with Gasteiger partial charge >= 0.3 is 0 Å². The van der Waals surface area contributed by atoms with Crippen molar-refractivity contribution in [2.24, 2.45) is 5.92 Å². The lowest BCUT2D eigenvalue weighted by molar-refractivity contribution is 0.0264. The highest BCUT2D eigenvalue weighted by Gasteiger charge is 2.30. The highest BCUT2D eigenvalue weighted by Crippen LogP contribution is 2.28. The van der Waals surface area contributed by atoms with Crippen molar-refractivity contribution < 1.29 is 9.90 Å². The fourth-order valence-corrected chi connectivity index (χ4v) is 3.60. The van der Waals surface area contributed by atoms with Crippen LogP contribution < -0.4 is 5.56 Å². The Bertz CT molecular complexity index is 595. The van der Waals surface area contributed by atoms with Gasteiger partial charge in [-0.1, -0.05) is 11.8 Å². The number of aliphatic hydroxyl groups is 1. The number of rotatable bonds is 3. The van der Waals surface area contributed by atoms with Crippen molar-refractivity contribution in [2.45, 2.75) is 30.6 Å². The van der Waals surface area contributed by atoms with E-state index in [0.29, 0.717) is 24.2 Å². The molecular formula is C13H17N3O3S. The van der Waals surface area contributed by atoms with E-state index >= 15 is 0 Å². The Morgan fingerprint density at radius 3 is 3.05 bits per heavy atom. The maximum Gasteiger partial charge on any atom is 0.267 e. The number of carbonyl (C=O) groups is 1. The molecule has 2 heterocycles. The molecule has 108 valence electrons. The van der Waals surface area contributed by atoms with Gasteiger partial charge in [0.1, 0.15) is 5.56 Å². The van der Waals surface area contributed by atoms with Gasteiger partial charge in [0.05, 0.1) is 6.10 Å². The topological polar surface area (TPSA) is 75.4 Å². The number of hydrogen-bond acceptors (Lipinski definition) is 5. The predicted molar refractivity (Wildman–Crippen MR) is 74.9 cm³/mol. The van der Waals surface area contributed by atoms with Crippen molar-refractivity contribution in [1.82, 2.24) is 14.5 Å². The summed E-state index contributed by atoms with van der Waals surface area (Å²) in [5, 5.41) is 9.96. The van der Waals surface area contributed by atoms with Gasteiger partial charge in [0.15, 0.2) is 5.16 Å². The lowest BCUT2D eigenvalue weighted by Crippen LogP contribution is -2.41. The average Bonchev–Trinajstić information content (AvgIpc) is 2.86. The Kier molecular flexibility index (Phi) is 3.55. The summed E-state index contributed by atoms with van der Waals surface area (Å²) in [6.07, 6.45) is 2.62. The normalized spacial score (nSPS) is 24.1. The molecule has 1 aromatic heterocycles. The third-order valence-electron chi connectivity index (χ3n) is 3.88. The van der Waals surface area contributed by atoms with Gasteiger partial charge in [-0.05, 0) is 18.8 Å². The van der Waals surface area contributed by atoms with Crippen molar-refractivity contribution in [3.05, 3.63) is 22.1 Å². The van der Waals surface area contributed by atoms with E-state index in [9.17, 15) is 14.7 Å². The second kappa shape index (κ2) is 5.21. The highest BCUT2D eigenvalue weighted by atomic mass is 32.2. The van der Waals surface area contributed by atoms with Crippen LogP contribution in [0.1, 0.15) is 23.2 Å². The van der Waals surface area contributed by atoms with Crippen molar-refractivity contribution in [2.75, 3.05) is 19.3 Å². The number of hydrogen-bond donors (Lipinski definition) is 1. The summed E-state index contributed by atoms with van der Waals surface area (Å²) >= 11 is 1.53. The lowest BCUT2D eigenvalue weighted by Gasteiger charge is -2.34. The molecule has 20 heavy (non-hydrogen) atoms. The summed E-state index contributed by atoms with van der Waals surface area (Å²) in [6, 6.07) is 0. The summed E-state index contributed by atoms with van der Waals surface area (Å²) in [5.41, 5.74) is -0.107. The molecule has 1 fully saturated rings. The molecule has 0 aromatic carbocycles. The molecule has 1 saturated carbocycles. The first-order chi connectivity index (χ1) is 9.56. The van der Waals surface area contributed by atoms with Gasteiger partial charge in [-0.2, -0.15) is 0 Å². The second-order valence-electron chi connectivity index (χ2n) is 5.44. The molecule has 0 radical (unpaired) electrons. The predicted octanol–water partition coefficient (Wildman–Crippen LogP) is 0.192. The van der Waals surface area contributed by atoms with Crippen LogP contribution in [0.25, 0.3) is 0 Å². The molecule has 7 heteroatoms. The van der Waals surface area contributed by atoms with E-state index in [-0.39, 0.29) is 23.1 Å². The zero-order valence-corrected chi connectivity index (χ0v) is 12.1. The monoisotopic (exact) mass is 295 g/mol. The SMILES string of the molecule is CN(CC1CC(O)C1)C(=O)c1cnc2n(c1=O)CCS2. The van der Waals surface area contributed by atoms with Gasteiger partial charge in [-0.3, -0.25) is 14.2 Å². The number of amides is 1. The molecule has 0 saturated heterocycles. The summed E-state index contributed by atoms with van der Waals surface area (Å²) in [5.74, 6) is 0.881. The Labute approximate surface area is 120 Å². The number of aromatic nitrogens is 2. The van der Waals surface area contributed by atoms with Crippen LogP contribution in [-0.2, 0) is 6.54 Å². The molecule has 1 aliphatic carbocycles. The third kappa shape index (κ3) is 2.35. The first-order valence-electron chi connectivity index (χ1n) is 6.72. The first kappa shape index (κ1) is 13.6. The Morgan fingerprint density at radius 2 is 2.35 bits per heavy atom. The largest absolute Gasteiger partial charge is 0.393 e. The molecule has 1 amide bonds. The van der Waals surface area contributed by atoms with Gasteiger partial charge < -0.3 is 10.0 Å². The lowest BCUT2D eigenvalue weighted by atomic mass is 9.82. The Balaban J connectivity index is 1.75. The molecule has 0 bridgehead atoms. The molecule has 0 unspecified atom stereocenters.